The normalized spacial score (nSPS) is 15.0. The Morgan fingerprint density at radius 2 is 1.93 bits per heavy atom. The van der Waals surface area contributed by atoms with Crippen LogP contribution < -0.4 is 4.74 Å². The molecule has 0 unspecified atom stereocenters. The average molecular weight is 386 g/mol. The van der Waals surface area contributed by atoms with E-state index in [4.69, 9.17) is 14.3 Å². The number of nitrogens with zero attached hydrogens (tertiary/aromatic N) is 2. The smallest absolute Gasteiger partial charge is 0.317 e. The van der Waals surface area contributed by atoms with Gasteiger partial charge >= 0.3 is 5.97 Å². The molecule has 1 saturated heterocycles. The summed E-state index contributed by atoms with van der Waals surface area (Å²) < 4.78 is 11.2. The number of carbonyl (C=O) groups excluding carboxylic acids is 1. The van der Waals surface area contributed by atoms with Gasteiger partial charge in [0.15, 0.2) is 5.76 Å². The maximum absolute atomic E-state index is 12.9. The highest BCUT2D eigenvalue weighted by Crippen LogP contribution is 2.21. The SMILES string of the molecule is CCN(CC(=O)O)C1CCN(C(=O)c2occc2COc2ccccc2)CC1. The lowest BCUT2D eigenvalue weighted by Crippen LogP contribution is -2.48. The Bertz CT molecular complexity index is 781. The number of hydrogen-bond donors (Lipinski definition) is 1. The molecule has 1 N–H and O–H groups in total. The van der Waals surface area contributed by atoms with Crippen molar-refractivity contribution in [3.05, 3.63) is 54.0 Å². The van der Waals surface area contributed by atoms with Crippen molar-refractivity contribution in [2.75, 3.05) is 26.2 Å². The van der Waals surface area contributed by atoms with Gasteiger partial charge in [-0.2, -0.15) is 0 Å². The van der Waals surface area contributed by atoms with Gasteiger partial charge in [0.25, 0.3) is 5.91 Å². The van der Waals surface area contributed by atoms with E-state index < -0.39 is 5.97 Å². The molecule has 0 spiro atoms. The van der Waals surface area contributed by atoms with Gasteiger partial charge in [-0.25, -0.2) is 0 Å². The first-order chi connectivity index (χ1) is 13.6. The number of carboxylic acids is 1. The Morgan fingerprint density at radius 1 is 1.21 bits per heavy atom. The number of amides is 1. The number of rotatable bonds is 8. The van der Waals surface area contributed by atoms with Crippen molar-refractivity contribution in [2.45, 2.75) is 32.4 Å². The van der Waals surface area contributed by atoms with Crippen molar-refractivity contribution >= 4 is 11.9 Å². The van der Waals surface area contributed by atoms with Crippen molar-refractivity contribution in [3.8, 4) is 5.75 Å². The highest BCUT2D eigenvalue weighted by atomic mass is 16.5. The molecule has 150 valence electrons. The number of benzene rings is 1. The number of carboxylic acid groups (broad SMARTS) is 1. The van der Waals surface area contributed by atoms with Gasteiger partial charge in [0.1, 0.15) is 12.4 Å². The van der Waals surface area contributed by atoms with Gasteiger partial charge in [0, 0.05) is 24.7 Å². The summed E-state index contributed by atoms with van der Waals surface area (Å²) >= 11 is 0. The van der Waals surface area contributed by atoms with Crippen LogP contribution in [0.5, 0.6) is 5.75 Å². The number of hydrogen-bond acceptors (Lipinski definition) is 5. The second-order valence-electron chi connectivity index (χ2n) is 6.86. The van der Waals surface area contributed by atoms with Gasteiger partial charge < -0.3 is 19.2 Å². The van der Waals surface area contributed by atoms with E-state index in [-0.39, 0.29) is 25.1 Å². The molecule has 7 heteroatoms. The van der Waals surface area contributed by atoms with Gasteiger partial charge in [-0.3, -0.25) is 14.5 Å². The van der Waals surface area contributed by atoms with Gasteiger partial charge in [-0.05, 0) is 37.6 Å². The van der Waals surface area contributed by atoms with Crippen LogP contribution in [0.2, 0.25) is 0 Å². The van der Waals surface area contributed by atoms with Crippen LogP contribution in [-0.4, -0.2) is 59.0 Å². The van der Waals surface area contributed by atoms with Gasteiger partial charge in [0.05, 0.1) is 12.8 Å². The number of likely N-dealkylation sites (N-methyl/N-ethyl adjacent to an activating group) is 1. The summed E-state index contributed by atoms with van der Waals surface area (Å²) in [4.78, 5) is 27.6. The van der Waals surface area contributed by atoms with Gasteiger partial charge in [-0.15, -0.1) is 0 Å². The Morgan fingerprint density at radius 3 is 2.57 bits per heavy atom. The number of carbonyl (C=O) groups is 2. The van der Waals surface area contributed by atoms with Gasteiger partial charge in [-0.1, -0.05) is 25.1 Å². The van der Waals surface area contributed by atoms with E-state index in [1.54, 1.807) is 11.0 Å². The molecular formula is C21H26N2O5. The maximum atomic E-state index is 12.9. The summed E-state index contributed by atoms with van der Waals surface area (Å²) in [7, 11) is 0. The zero-order chi connectivity index (χ0) is 19.9. The minimum absolute atomic E-state index is 0.0360. The summed E-state index contributed by atoms with van der Waals surface area (Å²) in [5.41, 5.74) is 0.719. The highest BCUT2D eigenvalue weighted by Gasteiger charge is 2.29. The van der Waals surface area contributed by atoms with Crippen molar-refractivity contribution in [1.29, 1.82) is 0 Å². The third-order valence-corrected chi connectivity index (χ3v) is 5.09. The number of piperidine rings is 1. The van der Waals surface area contributed by atoms with E-state index in [0.717, 1.165) is 24.2 Å². The van der Waals surface area contributed by atoms with Crippen molar-refractivity contribution in [3.63, 3.8) is 0 Å². The molecule has 0 bridgehead atoms. The molecule has 1 fully saturated rings. The van der Waals surface area contributed by atoms with Crippen LogP contribution in [0, 0.1) is 0 Å². The molecule has 1 aliphatic rings. The fourth-order valence-corrected chi connectivity index (χ4v) is 3.57. The first-order valence-corrected chi connectivity index (χ1v) is 9.57. The molecule has 0 saturated carbocycles. The lowest BCUT2D eigenvalue weighted by atomic mass is 10.0. The second-order valence-corrected chi connectivity index (χ2v) is 6.86. The molecule has 3 rings (SSSR count). The molecule has 1 aliphatic heterocycles. The maximum Gasteiger partial charge on any atom is 0.317 e. The standard InChI is InChI=1S/C21H26N2O5/c1-2-22(14-19(24)25)17-8-11-23(12-9-17)21(26)20-16(10-13-27-20)15-28-18-6-4-3-5-7-18/h3-7,10,13,17H,2,8-9,11-12,14-15H2,1H3,(H,24,25). The molecule has 0 atom stereocenters. The van der Waals surface area contributed by atoms with E-state index in [0.29, 0.717) is 25.4 Å². The quantitative estimate of drug-likeness (QED) is 0.751. The number of ether oxygens (including phenoxy) is 1. The van der Waals surface area contributed by atoms with E-state index >= 15 is 0 Å². The summed E-state index contributed by atoms with van der Waals surface area (Å²) in [6, 6.07) is 11.4. The number of furan rings is 1. The van der Waals surface area contributed by atoms with Crippen molar-refractivity contribution < 1.29 is 23.8 Å². The lowest BCUT2D eigenvalue weighted by Gasteiger charge is -2.37. The van der Waals surface area contributed by atoms with Crippen LogP contribution >= 0.6 is 0 Å². The van der Waals surface area contributed by atoms with Crippen LogP contribution in [-0.2, 0) is 11.4 Å². The fourth-order valence-electron chi connectivity index (χ4n) is 3.57. The van der Waals surface area contributed by atoms with E-state index in [1.165, 1.54) is 6.26 Å². The molecular weight excluding hydrogens is 360 g/mol. The average Bonchev–Trinajstić information content (AvgIpc) is 3.19. The molecule has 7 nitrogen and oxygen atoms in total. The first-order valence-electron chi connectivity index (χ1n) is 9.57. The van der Waals surface area contributed by atoms with Crippen LogP contribution in [0.25, 0.3) is 0 Å². The third kappa shape index (κ3) is 4.92. The highest BCUT2D eigenvalue weighted by molar-refractivity contribution is 5.93. The molecule has 0 aliphatic carbocycles. The first kappa shape index (κ1) is 19.9. The third-order valence-electron chi connectivity index (χ3n) is 5.09. The Labute approximate surface area is 164 Å². The second kappa shape index (κ2) is 9.41. The minimum Gasteiger partial charge on any atom is -0.489 e. The lowest BCUT2D eigenvalue weighted by molar-refractivity contribution is -0.139. The van der Waals surface area contributed by atoms with Gasteiger partial charge in [0.2, 0.25) is 0 Å². The Balaban J connectivity index is 1.57. The number of para-hydroxylation sites is 1. The zero-order valence-corrected chi connectivity index (χ0v) is 16.0. The largest absolute Gasteiger partial charge is 0.489 e. The molecule has 1 aromatic heterocycles. The van der Waals surface area contributed by atoms with Crippen LogP contribution in [0.3, 0.4) is 0 Å². The molecule has 1 amide bonds. The van der Waals surface area contributed by atoms with E-state index in [1.807, 2.05) is 42.2 Å². The molecule has 0 radical (unpaired) electrons. The van der Waals surface area contributed by atoms with Crippen molar-refractivity contribution in [2.24, 2.45) is 0 Å². The molecule has 1 aromatic carbocycles. The topological polar surface area (TPSA) is 83.2 Å². The Kier molecular flexibility index (Phi) is 6.71. The molecule has 2 heterocycles. The summed E-state index contributed by atoms with van der Waals surface area (Å²) in [6.07, 6.45) is 3.02. The van der Waals surface area contributed by atoms with E-state index in [2.05, 4.69) is 0 Å². The van der Waals surface area contributed by atoms with Crippen LogP contribution in [0.1, 0.15) is 35.9 Å². The summed E-state index contributed by atoms with van der Waals surface area (Å²) in [5.74, 6) is 0.0867. The van der Waals surface area contributed by atoms with Crippen LogP contribution in [0.15, 0.2) is 47.1 Å². The summed E-state index contributed by atoms with van der Waals surface area (Å²) in [5, 5.41) is 9.04. The monoisotopic (exact) mass is 386 g/mol. The fraction of sp³-hybridized carbons (Fsp3) is 0.429. The number of likely N-dealkylation sites (tertiary alicyclic amines) is 1. The summed E-state index contributed by atoms with van der Waals surface area (Å²) in [6.45, 7) is 4.11. The predicted molar refractivity (Wildman–Crippen MR) is 103 cm³/mol. The predicted octanol–water partition coefficient (Wildman–Crippen LogP) is 2.87. The Hall–Kier alpha value is -2.80. The van der Waals surface area contributed by atoms with Crippen molar-refractivity contribution in [1.82, 2.24) is 9.80 Å². The van der Waals surface area contributed by atoms with E-state index in [9.17, 15) is 9.59 Å². The minimum atomic E-state index is -0.820. The molecule has 2 aromatic rings. The van der Waals surface area contributed by atoms with Crippen LogP contribution in [0.4, 0.5) is 0 Å². The zero-order valence-electron chi connectivity index (χ0n) is 16.0. The number of aliphatic carboxylic acids is 1. The molecule has 28 heavy (non-hydrogen) atoms.